The van der Waals surface area contributed by atoms with E-state index in [2.05, 4.69) is 0 Å². The van der Waals surface area contributed by atoms with Crippen LogP contribution < -0.4 is 0 Å². The normalized spacial score (nSPS) is 14.7. The molecular weight excluding hydrogens is 278 g/mol. The molecule has 3 rings (SSSR count). The Balaban J connectivity index is 1.87. The minimum atomic E-state index is -0.833. The second-order valence-electron chi connectivity index (χ2n) is 5.53. The summed E-state index contributed by atoms with van der Waals surface area (Å²) in [5.41, 5.74) is 1.86. The van der Waals surface area contributed by atoms with E-state index in [-0.39, 0.29) is 11.8 Å². The SMILES string of the molecule is O=C(O)C1CN(C(=O)C(c2ccccc2)c2ccccc2)C1. The van der Waals surface area contributed by atoms with Crippen LogP contribution in [0.3, 0.4) is 0 Å². The van der Waals surface area contributed by atoms with E-state index in [0.717, 1.165) is 11.1 Å². The van der Waals surface area contributed by atoms with E-state index < -0.39 is 11.9 Å². The second kappa shape index (κ2) is 6.02. The molecule has 1 amide bonds. The van der Waals surface area contributed by atoms with Gasteiger partial charge in [-0.3, -0.25) is 9.59 Å². The third-order valence-corrected chi connectivity index (χ3v) is 4.06. The van der Waals surface area contributed by atoms with E-state index in [1.807, 2.05) is 60.7 Å². The zero-order valence-electron chi connectivity index (χ0n) is 12.1. The van der Waals surface area contributed by atoms with Gasteiger partial charge in [0.15, 0.2) is 0 Å². The van der Waals surface area contributed by atoms with Gasteiger partial charge in [0, 0.05) is 13.1 Å². The highest BCUT2D eigenvalue weighted by molar-refractivity contribution is 5.89. The average molecular weight is 295 g/mol. The summed E-state index contributed by atoms with van der Waals surface area (Å²) in [6, 6.07) is 19.2. The Kier molecular flexibility index (Phi) is 3.92. The number of carboxylic acids is 1. The van der Waals surface area contributed by atoms with E-state index in [4.69, 9.17) is 5.11 Å². The molecule has 1 aliphatic rings. The molecule has 1 fully saturated rings. The smallest absolute Gasteiger partial charge is 0.310 e. The number of rotatable bonds is 4. The molecule has 0 aliphatic carbocycles. The van der Waals surface area contributed by atoms with Gasteiger partial charge in [-0.1, -0.05) is 60.7 Å². The van der Waals surface area contributed by atoms with Crippen LogP contribution in [0.5, 0.6) is 0 Å². The summed E-state index contributed by atoms with van der Waals surface area (Å²) in [4.78, 5) is 25.4. The molecule has 0 radical (unpaired) electrons. The molecule has 0 aromatic heterocycles. The Morgan fingerprint density at radius 3 is 1.77 bits per heavy atom. The fourth-order valence-corrected chi connectivity index (χ4v) is 2.77. The molecule has 1 saturated heterocycles. The van der Waals surface area contributed by atoms with Crippen LogP contribution in [0.15, 0.2) is 60.7 Å². The lowest BCUT2D eigenvalue weighted by Gasteiger charge is -2.39. The maximum absolute atomic E-state index is 12.8. The number of hydrogen-bond acceptors (Lipinski definition) is 2. The first-order chi connectivity index (χ1) is 10.7. The minimum absolute atomic E-state index is 0.0325. The molecule has 1 aliphatic heterocycles. The number of nitrogens with zero attached hydrogens (tertiary/aromatic N) is 1. The fraction of sp³-hybridized carbons (Fsp3) is 0.222. The summed E-state index contributed by atoms with van der Waals surface area (Å²) in [5, 5.41) is 8.97. The summed E-state index contributed by atoms with van der Waals surface area (Å²) in [6.45, 7) is 0.592. The monoisotopic (exact) mass is 295 g/mol. The zero-order valence-corrected chi connectivity index (χ0v) is 12.1. The van der Waals surface area contributed by atoms with Crippen molar-refractivity contribution in [3.05, 3.63) is 71.8 Å². The molecule has 0 saturated carbocycles. The molecule has 4 nitrogen and oxygen atoms in total. The van der Waals surface area contributed by atoms with Gasteiger partial charge in [-0.25, -0.2) is 0 Å². The summed E-state index contributed by atoms with van der Waals surface area (Å²) in [5.74, 6) is -1.68. The topological polar surface area (TPSA) is 57.6 Å². The lowest BCUT2D eigenvalue weighted by atomic mass is 9.88. The Labute approximate surface area is 129 Å². The molecule has 22 heavy (non-hydrogen) atoms. The predicted molar refractivity (Wildman–Crippen MR) is 82.4 cm³/mol. The summed E-state index contributed by atoms with van der Waals surface area (Å²) in [6.07, 6.45) is 0. The van der Waals surface area contributed by atoms with Crippen LogP contribution in [0.1, 0.15) is 17.0 Å². The number of benzene rings is 2. The fourth-order valence-electron chi connectivity index (χ4n) is 2.77. The molecule has 1 heterocycles. The first kappa shape index (κ1) is 14.3. The molecule has 0 unspecified atom stereocenters. The minimum Gasteiger partial charge on any atom is -0.481 e. The van der Waals surface area contributed by atoms with Crippen molar-refractivity contribution in [1.29, 1.82) is 0 Å². The third-order valence-electron chi connectivity index (χ3n) is 4.06. The van der Waals surface area contributed by atoms with Crippen molar-refractivity contribution in [2.75, 3.05) is 13.1 Å². The Hall–Kier alpha value is -2.62. The second-order valence-corrected chi connectivity index (χ2v) is 5.53. The van der Waals surface area contributed by atoms with Crippen LogP contribution in [-0.2, 0) is 9.59 Å². The number of carbonyl (C=O) groups excluding carboxylic acids is 1. The van der Waals surface area contributed by atoms with Gasteiger partial charge in [-0.05, 0) is 11.1 Å². The Bertz CT molecular complexity index is 624. The molecule has 0 bridgehead atoms. The maximum Gasteiger partial charge on any atom is 0.310 e. The number of amides is 1. The highest BCUT2D eigenvalue weighted by Gasteiger charge is 2.39. The number of hydrogen-bond donors (Lipinski definition) is 1. The highest BCUT2D eigenvalue weighted by Crippen LogP contribution is 2.29. The molecule has 1 N–H and O–H groups in total. The summed E-state index contributed by atoms with van der Waals surface area (Å²) >= 11 is 0. The van der Waals surface area contributed by atoms with E-state index >= 15 is 0 Å². The number of carboxylic acid groups (broad SMARTS) is 1. The predicted octanol–water partition coefficient (Wildman–Crippen LogP) is 2.36. The van der Waals surface area contributed by atoms with Gasteiger partial charge in [0.05, 0.1) is 11.8 Å². The van der Waals surface area contributed by atoms with Gasteiger partial charge in [0.2, 0.25) is 5.91 Å². The van der Waals surface area contributed by atoms with Crippen LogP contribution in [-0.4, -0.2) is 35.0 Å². The number of aliphatic carboxylic acids is 1. The van der Waals surface area contributed by atoms with E-state index in [9.17, 15) is 9.59 Å². The first-order valence-corrected chi connectivity index (χ1v) is 7.28. The van der Waals surface area contributed by atoms with Crippen molar-refractivity contribution in [3.63, 3.8) is 0 Å². The maximum atomic E-state index is 12.8. The third kappa shape index (κ3) is 2.72. The van der Waals surface area contributed by atoms with Crippen LogP contribution in [0.25, 0.3) is 0 Å². The average Bonchev–Trinajstić information content (AvgIpc) is 2.48. The Morgan fingerprint density at radius 2 is 1.36 bits per heavy atom. The van der Waals surface area contributed by atoms with Crippen molar-refractivity contribution < 1.29 is 14.7 Å². The lowest BCUT2D eigenvalue weighted by molar-refractivity contribution is -0.153. The van der Waals surface area contributed by atoms with Gasteiger partial charge < -0.3 is 10.0 Å². The van der Waals surface area contributed by atoms with Gasteiger partial charge in [-0.15, -0.1) is 0 Å². The van der Waals surface area contributed by atoms with Gasteiger partial charge in [-0.2, -0.15) is 0 Å². The van der Waals surface area contributed by atoms with E-state index in [1.165, 1.54) is 0 Å². The lowest BCUT2D eigenvalue weighted by Crippen LogP contribution is -2.54. The molecule has 0 atom stereocenters. The van der Waals surface area contributed by atoms with Crippen LogP contribution in [0.4, 0.5) is 0 Å². The van der Waals surface area contributed by atoms with Crippen molar-refractivity contribution in [3.8, 4) is 0 Å². The van der Waals surface area contributed by atoms with Crippen LogP contribution in [0, 0.1) is 5.92 Å². The number of likely N-dealkylation sites (tertiary alicyclic amines) is 1. The van der Waals surface area contributed by atoms with E-state index in [1.54, 1.807) is 4.90 Å². The molecule has 2 aromatic carbocycles. The molecule has 112 valence electrons. The van der Waals surface area contributed by atoms with Gasteiger partial charge >= 0.3 is 5.97 Å². The molecule has 0 spiro atoms. The molecule has 2 aromatic rings. The highest BCUT2D eigenvalue weighted by atomic mass is 16.4. The zero-order chi connectivity index (χ0) is 15.5. The summed E-state index contributed by atoms with van der Waals surface area (Å²) < 4.78 is 0. The van der Waals surface area contributed by atoms with Crippen molar-refractivity contribution in [2.24, 2.45) is 5.92 Å². The van der Waals surface area contributed by atoms with Crippen molar-refractivity contribution in [1.82, 2.24) is 4.90 Å². The summed E-state index contributed by atoms with van der Waals surface area (Å²) in [7, 11) is 0. The first-order valence-electron chi connectivity index (χ1n) is 7.28. The van der Waals surface area contributed by atoms with Crippen LogP contribution >= 0.6 is 0 Å². The molecule has 4 heteroatoms. The standard InChI is InChI=1S/C18H17NO3/c20-17(19-11-15(12-19)18(21)22)16(13-7-3-1-4-8-13)14-9-5-2-6-10-14/h1-10,15-16H,11-12H2,(H,21,22). The van der Waals surface area contributed by atoms with Crippen molar-refractivity contribution in [2.45, 2.75) is 5.92 Å². The van der Waals surface area contributed by atoms with Gasteiger partial charge in [0.25, 0.3) is 0 Å². The van der Waals surface area contributed by atoms with Crippen molar-refractivity contribution >= 4 is 11.9 Å². The molecular formula is C18H17NO3. The Morgan fingerprint density at radius 1 is 0.909 bits per heavy atom. The van der Waals surface area contributed by atoms with E-state index in [0.29, 0.717) is 13.1 Å². The van der Waals surface area contributed by atoms with Crippen LogP contribution in [0.2, 0.25) is 0 Å². The number of carbonyl (C=O) groups is 2. The largest absolute Gasteiger partial charge is 0.481 e. The van der Waals surface area contributed by atoms with Gasteiger partial charge in [0.1, 0.15) is 0 Å². The quantitative estimate of drug-likeness (QED) is 0.942.